The van der Waals surface area contributed by atoms with E-state index in [-0.39, 0.29) is 24.4 Å². The Morgan fingerprint density at radius 2 is 1.96 bits per heavy atom. The summed E-state index contributed by atoms with van der Waals surface area (Å²) in [5, 5.41) is 4.44. The molecule has 27 heavy (non-hydrogen) atoms. The lowest BCUT2D eigenvalue weighted by molar-refractivity contribution is -0.145. The highest BCUT2D eigenvalue weighted by atomic mass is 32.1. The third-order valence-electron chi connectivity index (χ3n) is 3.99. The van der Waals surface area contributed by atoms with Gasteiger partial charge in [-0.25, -0.2) is 4.79 Å². The maximum atomic E-state index is 12.4. The highest BCUT2D eigenvalue weighted by Crippen LogP contribution is 2.32. The van der Waals surface area contributed by atoms with Gasteiger partial charge in [0.1, 0.15) is 6.04 Å². The topological polar surface area (TPSA) is 90.9 Å². The first kappa shape index (κ1) is 18.9. The van der Waals surface area contributed by atoms with Crippen molar-refractivity contribution >= 4 is 29.0 Å². The molecule has 1 amide bonds. The van der Waals surface area contributed by atoms with Crippen molar-refractivity contribution in [2.75, 3.05) is 13.4 Å². The van der Waals surface area contributed by atoms with Crippen LogP contribution in [0.15, 0.2) is 35.7 Å². The largest absolute Gasteiger partial charge is 0.456 e. The average molecular weight is 389 g/mol. The molecule has 7 nitrogen and oxygen atoms in total. The molecule has 0 spiro atoms. The summed E-state index contributed by atoms with van der Waals surface area (Å²) in [6.07, 6.45) is 0. The number of benzene rings is 1. The molecule has 142 valence electrons. The Kier molecular flexibility index (Phi) is 5.75. The molecule has 0 saturated heterocycles. The van der Waals surface area contributed by atoms with Gasteiger partial charge in [0.05, 0.1) is 4.88 Å². The molecule has 0 fully saturated rings. The van der Waals surface area contributed by atoms with Gasteiger partial charge in [-0.2, -0.15) is 0 Å². The molecule has 0 saturated carbocycles. The van der Waals surface area contributed by atoms with Gasteiger partial charge in [0.25, 0.3) is 5.91 Å². The second kappa shape index (κ2) is 8.22. The minimum absolute atomic E-state index is 0.113. The first-order chi connectivity index (χ1) is 13.0. The number of carbonyl (C=O) groups excluding carboxylic acids is 3. The third kappa shape index (κ3) is 4.46. The predicted molar refractivity (Wildman–Crippen MR) is 98.3 cm³/mol. The van der Waals surface area contributed by atoms with Crippen LogP contribution in [0.2, 0.25) is 0 Å². The van der Waals surface area contributed by atoms with Gasteiger partial charge in [0.2, 0.25) is 6.79 Å². The van der Waals surface area contributed by atoms with Crippen LogP contribution in [0.3, 0.4) is 0 Å². The normalized spacial score (nSPS) is 13.3. The molecule has 1 atom stereocenters. The number of hydrogen-bond donors (Lipinski definition) is 1. The monoisotopic (exact) mass is 389 g/mol. The number of fused-ring (bicyclic) bond motifs is 1. The Balaban J connectivity index is 1.59. The first-order valence-corrected chi connectivity index (χ1v) is 9.27. The second-order valence-electron chi connectivity index (χ2n) is 6.27. The summed E-state index contributed by atoms with van der Waals surface area (Å²) in [5.74, 6) is -0.502. The van der Waals surface area contributed by atoms with E-state index in [0.717, 1.165) is 0 Å². The van der Waals surface area contributed by atoms with Crippen molar-refractivity contribution in [1.29, 1.82) is 0 Å². The van der Waals surface area contributed by atoms with Crippen LogP contribution >= 0.6 is 11.3 Å². The van der Waals surface area contributed by atoms with E-state index in [2.05, 4.69) is 5.32 Å². The van der Waals surface area contributed by atoms with Crippen molar-refractivity contribution in [3.63, 3.8) is 0 Å². The van der Waals surface area contributed by atoms with Gasteiger partial charge in [0.15, 0.2) is 23.9 Å². The molecule has 3 rings (SSSR count). The number of Topliss-reactive ketones (excluding diaryl/α,β-unsaturated/α-hetero) is 1. The minimum Gasteiger partial charge on any atom is -0.456 e. The number of esters is 1. The van der Waals surface area contributed by atoms with Gasteiger partial charge in [-0.3, -0.25) is 9.59 Å². The van der Waals surface area contributed by atoms with Crippen LogP contribution in [-0.4, -0.2) is 37.1 Å². The number of thiophene rings is 1. The van der Waals surface area contributed by atoms with Crippen LogP contribution in [0, 0.1) is 5.92 Å². The van der Waals surface area contributed by atoms with E-state index in [1.165, 1.54) is 11.3 Å². The molecule has 0 unspecified atom stereocenters. The average Bonchev–Trinajstić information content (AvgIpc) is 3.34. The summed E-state index contributed by atoms with van der Waals surface area (Å²) in [6, 6.07) is 7.36. The third-order valence-corrected chi connectivity index (χ3v) is 4.86. The van der Waals surface area contributed by atoms with Gasteiger partial charge >= 0.3 is 5.97 Å². The second-order valence-corrected chi connectivity index (χ2v) is 7.22. The van der Waals surface area contributed by atoms with E-state index >= 15 is 0 Å². The zero-order chi connectivity index (χ0) is 19.4. The summed E-state index contributed by atoms with van der Waals surface area (Å²) < 4.78 is 15.6. The van der Waals surface area contributed by atoms with Gasteiger partial charge in [-0.05, 0) is 35.6 Å². The fourth-order valence-electron chi connectivity index (χ4n) is 2.50. The lowest BCUT2D eigenvalue weighted by atomic mass is 10.0. The zero-order valence-corrected chi connectivity index (χ0v) is 15.7. The number of nitrogens with one attached hydrogen (secondary N) is 1. The molecular formula is C19H19NO6S. The number of hydrogen-bond acceptors (Lipinski definition) is 7. The van der Waals surface area contributed by atoms with E-state index in [9.17, 15) is 14.4 Å². The lowest BCUT2D eigenvalue weighted by Gasteiger charge is -2.20. The van der Waals surface area contributed by atoms with E-state index in [4.69, 9.17) is 14.2 Å². The van der Waals surface area contributed by atoms with Crippen LogP contribution in [0.25, 0.3) is 0 Å². The molecule has 1 N–H and O–H groups in total. The quantitative estimate of drug-likeness (QED) is 0.578. The molecule has 1 aromatic heterocycles. The Labute approximate surface area is 160 Å². The Bertz CT molecular complexity index is 846. The van der Waals surface area contributed by atoms with E-state index < -0.39 is 18.6 Å². The van der Waals surface area contributed by atoms with Crippen molar-refractivity contribution < 1.29 is 28.6 Å². The van der Waals surface area contributed by atoms with Gasteiger partial charge in [0, 0.05) is 5.56 Å². The highest BCUT2D eigenvalue weighted by Gasteiger charge is 2.27. The molecular weight excluding hydrogens is 370 g/mol. The van der Waals surface area contributed by atoms with Gasteiger partial charge in [-0.15, -0.1) is 11.3 Å². The smallest absolute Gasteiger partial charge is 0.329 e. The highest BCUT2D eigenvalue weighted by molar-refractivity contribution is 7.12. The van der Waals surface area contributed by atoms with Crippen LogP contribution in [0.5, 0.6) is 11.5 Å². The Hall–Kier alpha value is -2.87. The van der Waals surface area contributed by atoms with Gasteiger partial charge < -0.3 is 19.5 Å². The van der Waals surface area contributed by atoms with Crippen molar-refractivity contribution in [2.24, 2.45) is 5.92 Å². The molecule has 0 radical (unpaired) electrons. The molecule has 1 aliphatic heterocycles. The first-order valence-electron chi connectivity index (χ1n) is 8.39. The molecule has 8 heteroatoms. The van der Waals surface area contributed by atoms with E-state index in [1.54, 1.807) is 49.6 Å². The number of rotatable bonds is 7. The summed E-state index contributed by atoms with van der Waals surface area (Å²) in [7, 11) is 0. The molecule has 2 aromatic rings. The molecule has 1 aromatic carbocycles. The number of ether oxygens (including phenoxy) is 3. The number of amides is 1. The standard InChI is InChI=1S/C19H19NO6S/c1-11(2)17(20-18(22)16-4-3-7-27-16)19(23)24-9-13(21)12-5-6-14-15(8-12)26-10-25-14/h3-8,11,17H,9-10H2,1-2H3,(H,20,22)/t17-/m1/s1. The molecule has 0 aliphatic carbocycles. The Morgan fingerprint density at radius 1 is 1.19 bits per heavy atom. The Morgan fingerprint density at radius 3 is 2.67 bits per heavy atom. The van der Waals surface area contributed by atoms with Crippen molar-refractivity contribution in [3.05, 3.63) is 46.2 Å². The SMILES string of the molecule is CC(C)[C@@H](NC(=O)c1cccs1)C(=O)OCC(=O)c1ccc2c(c1)OCO2. The van der Waals surface area contributed by atoms with Crippen molar-refractivity contribution in [1.82, 2.24) is 5.32 Å². The minimum atomic E-state index is -0.843. The van der Waals surface area contributed by atoms with E-state index in [1.807, 2.05) is 0 Å². The molecule has 2 heterocycles. The number of ketones is 1. The maximum Gasteiger partial charge on any atom is 0.329 e. The van der Waals surface area contributed by atoms with Crippen molar-refractivity contribution in [3.8, 4) is 11.5 Å². The number of carbonyl (C=O) groups is 3. The zero-order valence-electron chi connectivity index (χ0n) is 14.9. The van der Waals surface area contributed by atoms with Gasteiger partial charge in [-0.1, -0.05) is 19.9 Å². The lowest BCUT2D eigenvalue weighted by Crippen LogP contribution is -2.45. The van der Waals surface area contributed by atoms with Crippen LogP contribution < -0.4 is 14.8 Å². The van der Waals surface area contributed by atoms with Crippen LogP contribution in [-0.2, 0) is 9.53 Å². The summed E-state index contributed by atoms with van der Waals surface area (Å²) in [5.41, 5.74) is 0.357. The summed E-state index contributed by atoms with van der Waals surface area (Å²) in [4.78, 5) is 37.4. The summed E-state index contributed by atoms with van der Waals surface area (Å²) in [6.45, 7) is 3.28. The molecule has 1 aliphatic rings. The van der Waals surface area contributed by atoms with Crippen LogP contribution in [0.4, 0.5) is 0 Å². The molecule has 0 bridgehead atoms. The summed E-state index contributed by atoms with van der Waals surface area (Å²) >= 11 is 1.28. The van der Waals surface area contributed by atoms with Crippen LogP contribution in [0.1, 0.15) is 33.9 Å². The fraction of sp³-hybridized carbons (Fsp3) is 0.316. The predicted octanol–water partition coefficient (Wildman–Crippen LogP) is 2.66. The fourth-order valence-corrected chi connectivity index (χ4v) is 3.12. The van der Waals surface area contributed by atoms with Crippen molar-refractivity contribution in [2.45, 2.75) is 19.9 Å². The maximum absolute atomic E-state index is 12.4. The van der Waals surface area contributed by atoms with E-state index in [0.29, 0.717) is 21.9 Å².